The molecule has 3 aromatic carbocycles. The molecule has 18 N–H and O–H groups in total. The van der Waals surface area contributed by atoms with Gasteiger partial charge in [0.15, 0.2) is 11.5 Å². The molecule has 1 aromatic heterocycles. The fourth-order valence-electron chi connectivity index (χ4n) is 12.9. The van der Waals surface area contributed by atoms with Gasteiger partial charge in [0.05, 0.1) is 68.1 Å². The second-order valence-electron chi connectivity index (χ2n) is 25.8. The van der Waals surface area contributed by atoms with Crippen molar-refractivity contribution < 1.29 is 102 Å². The van der Waals surface area contributed by atoms with Gasteiger partial charge in [-0.3, -0.25) is 47.2 Å². The Balaban J connectivity index is 0.966. The number of amides is 7. The van der Waals surface area contributed by atoms with Gasteiger partial charge in [-0.25, -0.2) is 0 Å². The summed E-state index contributed by atoms with van der Waals surface area (Å²) in [6.45, 7) is 1.32. The lowest BCUT2D eigenvalue weighted by molar-refractivity contribution is -0.147. The summed E-state index contributed by atoms with van der Waals surface area (Å²) in [6.07, 6.45) is -4.47. The lowest BCUT2D eigenvalue weighted by Gasteiger charge is -2.36. The van der Waals surface area contributed by atoms with Crippen LogP contribution >= 0.6 is 22.5 Å². The summed E-state index contributed by atoms with van der Waals surface area (Å²) >= 11 is -3.42. The zero-order valence-electron chi connectivity index (χ0n) is 54.1. The molecule has 0 unspecified atom stereocenters. The van der Waals surface area contributed by atoms with Crippen LogP contribution in [0.25, 0.3) is 21.1 Å². The van der Waals surface area contributed by atoms with E-state index in [2.05, 4.69) is 63.3 Å². The predicted octanol–water partition coefficient (Wildman–Crippen LogP) is -1.31. The molecule has 9 rings (SSSR count). The normalized spacial score (nSPS) is 26.7. The minimum atomic E-state index is -4.74. The summed E-state index contributed by atoms with van der Waals surface area (Å²) < 4.78 is 39.8. The fraction of sp³-hybridized carbons (Fsp3) is 0.578. The predicted molar refractivity (Wildman–Crippen MR) is 354 cm³/mol. The van der Waals surface area contributed by atoms with Crippen molar-refractivity contribution in [1.29, 1.82) is 0 Å². The van der Waals surface area contributed by atoms with Crippen LogP contribution in [-0.2, 0) is 39.9 Å². The zero-order chi connectivity index (χ0) is 70.7. The number of benzene rings is 3. The zero-order valence-corrected chi connectivity index (χ0v) is 55.7. The Morgan fingerprint density at radius 3 is 1.96 bits per heavy atom. The lowest BCUT2D eigenvalue weighted by atomic mass is 9.97. The number of carbonyl (C=O) groups excluding carboxylic acids is 7. The van der Waals surface area contributed by atoms with Gasteiger partial charge in [-0.2, -0.15) is 0 Å². The highest BCUT2D eigenvalue weighted by Crippen LogP contribution is 2.41. The molecule has 1 aliphatic carbocycles. The van der Waals surface area contributed by atoms with Gasteiger partial charge in [0.1, 0.15) is 46.3 Å². The van der Waals surface area contributed by atoms with Gasteiger partial charge in [0.25, 0.3) is 17.1 Å². The molecule has 5 heterocycles. The summed E-state index contributed by atoms with van der Waals surface area (Å²) in [5.41, 5.74) is 2.48. The topological polar surface area (TPSA) is 488 Å². The summed E-state index contributed by atoms with van der Waals surface area (Å²) in [5, 5.41) is 124. The Kier molecular flexibility index (Phi) is 25.8. The van der Waals surface area contributed by atoms with Crippen LogP contribution in [-0.4, -0.2) is 265 Å². The van der Waals surface area contributed by atoms with Crippen molar-refractivity contribution >= 4 is 69.5 Å². The maximum Gasteiger partial charge on any atom is 0.266 e. The van der Waals surface area contributed by atoms with Crippen molar-refractivity contribution in [3.8, 4) is 32.6 Å². The Morgan fingerprint density at radius 1 is 0.714 bits per heavy atom. The number of β-amino-alcohol motifs (C(OH)–C–C–N with tert-alkyl or cyclic N) is 1. The Hall–Kier alpha value is -7.26. The standard InChI is InChI=1S/C64H89N11O21S2/c1-33-29-75-54(55(33)84)60(89)66-28-41(79)26-45(67-56(85)36-9-11-37(12-10-36)61-71-72-62(97-61)38-13-15-40(16-14-38)73-22-19-44(20-23-73)95-43-6-4-3-5-7-43)57(86)68-51(34(2)78)63(90)74-30-42(80)27-46(74)58(87)69-52(49(83)24-35-8-17-47(81)50(25-35)96-98(92,93)94)59(88)70-53(64(75)91)48(82)18-21-65-39(31-76)32-77/h8-17,25,33-34,39,41-46,48-49,51-55,65,76-84,92-94H,3-7,18-24,26-32H2,1-2H3,(H,66,89)(H,67,85)(H,68,86)(H,69,87)(H,70,88)/t33-,34+,41+,42+,45-,46-,48+,49+,51-,52-,53-,54-,55-/m0/s1. The molecule has 13 atom stereocenters. The smallest absolute Gasteiger partial charge is 0.266 e. The van der Waals surface area contributed by atoms with Crippen LogP contribution in [0.2, 0.25) is 0 Å². The van der Waals surface area contributed by atoms with Crippen LogP contribution in [0.4, 0.5) is 5.69 Å². The SMILES string of the molecule is C[C@@H](O)[C@@H]1NC(=O)[C@@H](NC(=O)c2ccc(-c3nnc(-c4ccc(N5CCC(OC6CCCCC6)CC5)cc4)s3)cc2)C[C@@H](O)CNC(=O)[C@@H]2[C@@H](O)[C@@H](C)CN2C(=O)[C@H]([C@H](O)CCNC(CO)CO)NC(=O)[C@H]([C@H](O)Cc2ccc(O)c(OS(O)(O)O)c2)NC(=O)[C@@H]2C[C@@H](O)CN2C1=O. The molecule has 7 amide bonds. The molecule has 4 aromatic rings. The number of hydrogen-bond donors (Lipinski definition) is 18. The molecule has 0 spiro atoms. The second-order valence-corrected chi connectivity index (χ2v) is 27.9. The van der Waals surface area contributed by atoms with E-state index in [4.69, 9.17) is 4.74 Å². The molecular weight excluding hydrogens is 1320 g/mol. The minimum absolute atomic E-state index is 0.00763. The van der Waals surface area contributed by atoms with Crippen LogP contribution < -0.4 is 41.0 Å². The molecule has 32 nitrogen and oxygen atoms in total. The highest BCUT2D eigenvalue weighted by molar-refractivity contribution is 8.15. The number of hydrogen-bond acceptors (Lipinski definition) is 26. The van der Waals surface area contributed by atoms with Crippen molar-refractivity contribution in [3.05, 3.63) is 77.9 Å². The average molecular weight is 1410 g/mol. The van der Waals surface area contributed by atoms with E-state index in [1.165, 1.54) is 55.7 Å². The third-order valence-corrected chi connectivity index (χ3v) is 19.8. The maximum absolute atomic E-state index is 15.0. The van der Waals surface area contributed by atoms with Crippen molar-refractivity contribution in [2.45, 2.75) is 176 Å². The number of carbonyl (C=O) groups is 7. The number of phenols is 1. The third kappa shape index (κ3) is 19.2. The average Bonchev–Trinajstić information content (AvgIpc) is 1.36. The maximum atomic E-state index is 15.0. The van der Waals surface area contributed by atoms with Crippen LogP contribution in [0, 0.1) is 5.92 Å². The first-order valence-electron chi connectivity index (χ1n) is 32.8. The molecule has 34 heteroatoms. The van der Waals surface area contributed by atoms with Crippen LogP contribution in [0.3, 0.4) is 0 Å². The van der Waals surface area contributed by atoms with Gasteiger partial charge in [0.2, 0.25) is 35.4 Å². The van der Waals surface area contributed by atoms with E-state index in [-0.39, 0.29) is 30.3 Å². The highest BCUT2D eigenvalue weighted by Gasteiger charge is 2.50. The summed E-state index contributed by atoms with van der Waals surface area (Å²) in [5.74, 6) is -10.5. The fourth-order valence-corrected chi connectivity index (χ4v) is 14.2. The van der Waals surface area contributed by atoms with E-state index in [9.17, 15) is 93.2 Å². The number of aromatic nitrogens is 2. The number of fused-ring (bicyclic) bond motifs is 2. The first kappa shape index (κ1) is 75.0. The molecule has 98 heavy (non-hydrogen) atoms. The Morgan fingerprint density at radius 2 is 1.33 bits per heavy atom. The number of piperidine rings is 1. The molecule has 1 saturated carbocycles. The summed E-state index contributed by atoms with van der Waals surface area (Å²) in [6, 6.07) is 4.72. The Labute approximate surface area is 570 Å². The molecule has 4 aliphatic heterocycles. The van der Waals surface area contributed by atoms with Crippen LogP contribution in [0.15, 0.2) is 66.7 Å². The first-order chi connectivity index (χ1) is 46.7. The van der Waals surface area contributed by atoms with E-state index in [1.807, 2.05) is 12.1 Å². The second kappa shape index (κ2) is 33.7. The number of anilines is 1. The number of phenolic OH excluding ortho intramolecular Hbond substituents is 1. The van der Waals surface area contributed by atoms with Gasteiger partial charge in [0, 0.05) is 80.3 Å². The number of aliphatic hydroxyl groups excluding tert-OH is 8. The summed E-state index contributed by atoms with van der Waals surface area (Å²) in [7, 11) is 0. The number of aromatic hydroxyl groups is 1. The molecule has 0 radical (unpaired) electrons. The van der Waals surface area contributed by atoms with E-state index in [0.29, 0.717) is 21.7 Å². The first-order valence-corrected chi connectivity index (χ1v) is 35.0. The van der Waals surface area contributed by atoms with E-state index in [0.717, 1.165) is 78.9 Å². The van der Waals surface area contributed by atoms with Crippen molar-refractivity contribution in [3.63, 3.8) is 0 Å². The van der Waals surface area contributed by atoms with E-state index >= 15 is 0 Å². The molecular formula is C64H89N11O21S2. The van der Waals surface area contributed by atoms with Gasteiger partial charge in [-0.05, 0) is 99.7 Å². The number of rotatable bonds is 20. The number of nitrogens with zero attached hydrogens (tertiary/aromatic N) is 5. The van der Waals surface area contributed by atoms with Gasteiger partial charge in [-0.15, -0.1) is 10.2 Å². The molecule has 0 bridgehead atoms. The lowest BCUT2D eigenvalue weighted by Crippen LogP contribution is -2.64. The van der Waals surface area contributed by atoms with Crippen molar-refractivity contribution in [2.24, 2.45) is 5.92 Å². The van der Waals surface area contributed by atoms with Crippen molar-refractivity contribution in [2.75, 3.05) is 57.4 Å². The number of ether oxygens (including phenoxy) is 1. The van der Waals surface area contributed by atoms with Crippen LogP contribution in [0.5, 0.6) is 11.5 Å². The summed E-state index contributed by atoms with van der Waals surface area (Å²) in [4.78, 5) is 106. The highest BCUT2D eigenvalue weighted by atomic mass is 32.3. The third-order valence-electron chi connectivity index (χ3n) is 18.4. The van der Waals surface area contributed by atoms with Gasteiger partial charge >= 0.3 is 0 Å². The number of aliphatic hydroxyl groups is 8. The van der Waals surface area contributed by atoms with Crippen LogP contribution in [0.1, 0.15) is 94.0 Å². The molecule has 4 saturated heterocycles. The molecule has 538 valence electrons. The van der Waals surface area contributed by atoms with E-state index in [1.54, 1.807) is 12.1 Å². The van der Waals surface area contributed by atoms with Crippen molar-refractivity contribution in [1.82, 2.24) is 51.9 Å². The molecule has 5 aliphatic rings. The quantitative estimate of drug-likeness (QED) is 0.0489. The Bertz CT molecular complexity index is 3390. The minimum Gasteiger partial charge on any atom is -0.504 e. The largest absolute Gasteiger partial charge is 0.504 e. The monoisotopic (exact) mass is 1410 g/mol. The van der Waals surface area contributed by atoms with Gasteiger partial charge in [-0.1, -0.05) is 55.7 Å². The molecule has 5 fully saturated rings. The van der Waals surface area contributed by atoms with E-state index < -0.39 is 201 Å². The number of nitrogens with one attached hydrogen (secondary N) is 6. The van der Waals surface area contributed by atoms with Gasteiger partial charge < -0.3 is 101 Å².